The maximum atomic E-state index is 10.5. The molecule has 0 bridgehead atoms. The Kier molecular flexibility index (Phi) is 9.58. The van der Waals surface area contributed by atoms with Gasteiger partial charge >= 0.3 is 17.9 Å². The van der Waals surface area contributed by atoms with Crippen molar-refractivity contribution >= 4 is 17.9 Å². The minimum Gasteiger partial charge on any atom is -0.481 e. The molecular weight excluding hydrogens is 282 g/mol. The van der Waals surface area contributed by atoms with Crippen molar-refractivity contribution in [2.45, 2.75) is 52.2 Å². The highest BCUT2D eigenvalue weighted by molar-refractivity contribution is 5.83. The second-order valence-electron chi connectivity index (χ2n) is 5.53. The van der Waals surface area contributed by atoms with Crippen molar-refractivity contribution in [3.8, 4) is 0 Å². The minimum atomic E-state index is -2.16. The van der Waals surface area contributed by atoms with E-state index in [2.05, 4.69) is 0 Å². The Bertz CT molecular complexity index is 368. The molecule has 2 atom stereocenters. The fraction of sp³-hybridized carbons (Fsp3) is 0.769. The molecule has 0 aromatic carbocycles. The van der Waals surface area contributed by atoms with Crippen molar-refractivity contribution in [2.24, 2.45) is 17.6 Å². The molecule has 0 amide bonds. The van der Waals surface area contributed by atoms with Crippen LogP contribution in [0.15, 0.2) is 0 Å². The number of hydrogen-bond acceptors (Lipinski definition) is 5. The van der Waals surface area contributed by atoms with E-state index >= 15 is 0 Å². The summed E-state index contributed by atoms with van der Waals surface area (Å²) in [5.41, 5.74) is 3.06. The topological polar surface area (TPSA) is 158 Å². The number of carbonyl (C=O) groups is 3. The number of rotatable bonds is 7. The highest BCUT2D eigenvalue weighted by atomic mass is 16.4. The first-order valence-corrected chi connectivity index (χ1v) is 6.50. The van der Waals surface area contributed by atoms with Gasteiger partial charge in [0.05, 0.1) is 6.42 Å². The summed E-state index contributed by atoms with van der Waals surface area (Å²) in [6, 6.07) is -0.690. The maximum Gasteiger partial charge on any atom is 0.336 e. The van der Waals surface area contributed by atoms with Crippen molar-refractivity contribution in [2.75, 3.05) is 0 Å². The average Bonchev–Trinajstić information content (AvgIpc) is 2.27. The van der Waals surface area contributed by atoms with E-state index in [0.29, 0.717) is 12.3 Å². The first-order valence-electron chi connectivity index (χ1n) is 6.50. The summed E-state index contributed by atoms with van der Waals surface area (Å²) in [5.74, 6) is -4.01. The van der Waals surface area contributed by atoms with Crippen molar-refractivity contribution < 1.29 is 34.8 Å². The van der Waals surface area contributed by atoms with Crippen LogP contribution in [0.2, 0.25) is 0 Å². The summed E-state index contributed by atoms with van der Waals surface area (Å²) in [7, 11) is 0. The molecule has 0 aromatic rings. The van der Waals surface area contributed by atoms with Gasteiger partial charge in [0.25, 0.3) is 0 Å². The standard InChI is InChI=1S/C7H12O5.C6H13NO2/c1-4(2)7(12,6(10)11)3-5(8)9;1-4(2)3-5(7)6(8)9/h4,12H,3H2,1-2H3,(H,8,9)(H,10,11);4-5H,3,7H2,1-2H3,(H,8,9). The molecular formula is C13H25NO7. The molecule has 0 rings (SSSR count). The molecule has 0 aliphatic heterocycles. The third kappa shape index (κ3) is 8.98. The summed E-state index contributed by atoms with van der Waals surface area (Å²) in [6.07, 6.45) is -0.227. The molecule has 0 saturated carbocycles. The molecule has 0 heterocycles. The fourth-order valence-corrected chi connectivity index (χ4v) is 1.37. The maximum absolute atomic E-state index is 10.5. The largest absolute Gasteiger partial charge is 0.481 e. The summed E-state index contributed by atoms with van der Waals surface area (Å²) in [6.45, 7) is 6.81. The SMILES string of the molecule is CC(C)C(O)(CC(=O)O)C(=O)O.CC(C)CC(N)C(=O)O. The van der Waals surface area contributed by atoms with E-state index in [0.717, 1.165) is 0 Å². The van der Waals surface area contributed by atoms with Gasteiger partial charge in [0.15, 0.2) is 5.60 Å². The Morgan fingerprint density at radius 1 is 1.05 bits per heavy atom. The molecule has 0 fully saturated rings. The van der Waals surface area contributed by atoms with Gasteiger partial charge in [0.2, 0.25) is 0 Å². The van der Waals surface area contributed by atoms with Crippen LogP contribution in [0.5, 0.6) is 0 Å². The van der Waals surface area contributed by atoms with Crippen molar-refractivity contribution in [3.63, 3.8) is 0 Å². The first kappa shape index (κ1) is 21.6. The van der Waals surface area contributed by atoms with Gasteiger partial charge in [-0.1, -0.05) is 27.7 Å². The zero-order chi connectivity index (χ0) is 17.4. The average molecular weight is 307 g/mol. The Morgan fingerprint density at radius 3 is 1.57 bits per heavy atom. The Morgan fingerprint density at radius 2 is 1.48 bits per heavy atom. The molecule has 6 N–H and O–H groups in total. The van der Waals surface area contributed by atoms with Crippen LogP contribution in [0.3, 0.4) is 0 Å². The molecule has 2 unspecified atom stereocenters. The molecule has 0 aromatic heterocycles. The van der Waals surface area contributed by atoms with Crippen LogP contribution < -0.4 is 5.73 Å². The highest BCUT2D eigenvalue weighted by Gasteiger charge is 2.41. The predicted molar refractivity (Wildman–Crippen MR) is 74.7 cm³/mol. The van der Waals surface area contributed by atoms with Crippen LogP contribution in [0, 0.1) is 11.8 Å². The van der Waals surface area contributed by atoms with E-state index in [9.17, 15) is 19.5 Å². The third-order valence-corrected chi connectivity index (χ3v) is 2.79. The van der Waals surface area contributed by atoms with Gasteiger partial charge in [-0.05, 0) is 18.3 Å². The van der Waals surface area contributed by atoms with Crippen LogP contribution in [-0.2, 0) is 14.4 Å². The monoisotopic (exact) mass is 307 g/mol. The Balaban J connectivity index is 0. The molecule has 0 aliphatic rings. The molecule has 21 heavy (non-hydrogen) atoms. The van der Waals surface area contributed by atoms with Crippen molar-refractivity contribution in [3.05, 3.63) is 0 Å². The molecule has 124 valence electrons. The minimum absolute atomic E-state index is 0.357. The Labute approximate surface area is 123 Å². The lowest BCUT2D eigenvalue weighted by Crippen LogP contribution is -2.45. The summed E-state index contributed by atoms with van der Waals surface area (Å²) < 4.78 is 0. The lowest BCUT2D eigenvalue weighted by molar-refractivity contribution is -0.170. The van der Waals surface area contributed by atoms with E-state index in [4.69, 9.17) is 21.1 Å². The zero-order valence-corrected chi connectivity index (χ0v) is 12.7. The number of nitrogens with two attached hydrogens (primary N) is 1. The highest BCUT2D eigenvalue weighted by Crippen LogP contribution is 2.21. The van der Waals surface area contributed by atoms with Crippen LogP contribution in [-0.4, -0.2) is 50.0 Å². The van der Waals surface area contributed by atoms with E-state index < -0.39 is 41.9 Å². The smallest absolute Gasteiger partial charge is 0.336 e. The second kappa shape index (κ2) is 9.30. The van der Waals surface area contributed by atoms with Crippen molar-refractivity contribution in [1.29, 1.82) is 0 Å². The van der Waals surface area contributed by atoms with E-state index in [1.807, 2.05) is 13.8 Å². The van der Waals surface area contributed by atoms with Gasteiger partial charge in [-0.25, -0.2) is 4.79 Å². The third-order valence-electron chi connectivity index (χ3n) is 2.79. The van der Waals surface area contributed by atoms with Crippen molar-refractivity contribution in [1.82, 2.24) is 0 Å². The van der Waals surface area contributed by atoms with Crippen LogP contribution >= 0.6 is 0 Å². The number of carboxylic acids is 3. The normalized spacial score (nSPS) is 14.9. The van der Waals surface area contributed by atoms with Gasteiger partial charge in [-0.3, -0.25) is 9.59 Å². The van der Waals surface area contributed by atoms with Gasteiger partial charge in [0, 0.05) is 0 Å². The fourth-order valence-electron chi connectivity index (χ4n) is 1.37. The molecule has 8 nitrogen and oxygen atoms in total. The van der Waals surface area contributed by atoms with E-state index in [-0.39, 0.29) is 0 Å². The quantitative estimate of drug-likeness (QED) is 0.451. The summed E-state index contributed by atoms with van der Waals surface area (Å²) in [5, 5.41) is 34.5. The molecule has 0 aliphatic carbocycles. The lowest BCUT2D eigenvalue weighted by atomic mass is 9.87. The van der Waals surface area contributed by atoms with E-state index in [1.54, 1.807) is 0 Å². The second-order valence-corrected chi connectivity index (χ2v) is 5.53. The van der Waals surface area contributed by atoms with Crippen LogP contribution in [0.4, 0.5) is 0 Å². The van der Waals surface area contributed by atoms with E-state index in [1.165, 1.54) is 13.8 Å². The number of hydrogen-bond donors (Lipinski definition) is 5. The van der Waals surface area contributed by atoms with Crippen LogP contribution in [0.1, 0.15) is 40.5 Å². The van der Waals surface area contributed by atoms with Crippen LogP contribution in [0.25, 0.3) is 0 Å². The number of aliphatic hydroxyl groups is 1. The van der Waals surface area contributed by atoms with Gasteiger partial charge in [-0.15, -0.1) is 0 Å². The molecule has 8 heteroatoms. The molecule has 0 saturated heterocycles. The molecule has 0 radical (unpaired) electrons. The predicted octanol–water partition coefficient (Wildman–Crippen LogP) is 0.377. The molecule has 0 spiro atoms. The van der Waals surface area contributed by atoms with Gasteiger partial charge in [0.1, 0.15) is 6.04 Å². The zero-order valence-electron chi connectivity index (χ0n) is 12.7. The summed E-state index contributed by atoms with van der Waals surface area (Å²) in [4.78, 5) is 30.8. The number of carboxylic acid groups (broad SMARTS) is 3. The van der Waals surface area contributed by atoms with Gasteiger partial charge in [-0.2, -0.15) is 0 Å². The lowest BCUT2D eigenvalue weighted by Gasteiger charge is -2.25. The Hall–Kier alpha value is -1.67. The first-order chi connectivity index (χ1) is 9.34. The summed E-state index contributed by atoms with van der Waals surface area (Å²) >= 11 is 0. The van der Waals surface area contributed by atoms with Gasteiger partial charge < -0.3 is 26.2 Å². The number of aliphatic carboxylic acids is 3.